The average molecular weight is 224 g/mol. The molecule has 1 aliphatic rings. The molecule has 0 aromatic carbocycles. The van der Waals surface area contributed by atoms with Crippen LogP contribution in [-0.4, -0.2) is 0 Å². The second-order valence-electron chi connectivity index (χ2n) is 6.82. The fraction of sp³-hybridized carbons (Fsp3) is 1.00. The van der Waals surface area contributed by atoms with Crippen molar-refractivity contribution in [2.24, 2.45) is 11.3 Å². The number of rotatable bonds is 0. The third-order valence-corrected chi connectivity index (χ3v) is 4.35. The summed E-state index contributed by atoms with van der Waals surface area (Å²) in [6.45, 7) is 7.39. The highest BCUT2D eigenvalue weighted by Crippen LogP contribution is 2.31. The van der Waals surface area contributed by atoms with Gasteiger partial charge in [-0.05, 0) is 24.2 Å². The first kappa shape index (κ1) is 14.1. The van der Waals surface area contributed by atoms with Crippen molar-refractivity contribution in [3.63, 3.8) is 0 Å². The predicted molar refractivity (Wildman–Crippen MR) is 73.7 cm³/mol. The first-order valence-corrected chi connectivity index (χ1v) is 7.60. The Labute approximate surface area is 103 Å². The first-order chi connectivity index (χ1) is 7.60. The van der Waals surface area contributed by atoms with Crippen molar-refractivity contribution >= 4 is 0 Å². The average Bonchev–Trinajstić information content (AvgIpc) is 2.23. The largest absolute Gasteiger partial charge is 0.0625 e. The molecule has 1 aliphatic carbocycles. The minimum Gasteiger partial charge on any atom is -0.0625 e. The monoisotopic (exact) mass is 224 g/mol. The molecule has 0 amide bonds. The molecule has 0 aliphatic heterocycles. The summed E-state index contributed by atoms with van der Waals surface area (Å²) in [5.74, 6) is 0.976. The van der Waals surface area contributed by atoms with Gasteiger partial charge in [0, 0.05) is 0 Å². The second kappa shape index (κ2) is 7.35. The minimum atomic E-state index is 0.608. The fourth-order valence-corrected chi connectivity index (χ4v) is 2.99. The Hall–Kier alpha value is 0. The van der Waals surface area contributed by atoms with Gasteiger partial charge in [-0.1, -0.05) is 78.6 Å². The summed E-state index contributed by atoms with van der Waals surface area (Å²) in [5, 5.41) is 0. The van der Waals surface area contributed by atoms with Crippen molar-refractivity contribution in [1.82, 2.24) is 0 Å². The summed E-state index contributed by atoms with van der Waals surface area (Å²) >= 11 is 0. The predicted octanol–water partition coefficient (Wildman–Crippen LogP) is 5.95. The van der Waals surface area contributed by atoms with Gasteiger partial charge in [0.15, 0.2) is 0 Å². The molecule has 0 heteroatoms. The van der Waals surface area contributed by atoms with Crippen LogP contribution >= 0.6 is 0 Å². The maximum absolute atomic E-state index is 2.47. The molecule has 0 saturated heterocycles. The van der Waals surface area contributed by atoms with Crippen LogP contribution in [-0.2, 0) is 0 Å². The van der Waals surface area contributed by atoms with Crippen molar-refractivity contribution in [2.45, 2.75) is 91.4 Å². The summed E-state index contributed by atoms with van der Waals surface area (Å²) in [7, 11) is 0. The molecule has 1 fully saturated rings. The van der Waals surface area contributed by atoms with Gasteiger partial charge in [0.05, 0.1) is 0 Å². The van der Waals surface area contributed by atoms with E-state index in [9.17, 15) is 0 Å². The lowest BCUT2D eigenvalue weighted by Gasteiger charge is -2.24. The van der Waals surface area contributed by atoms with E-state index in [4.69, 9.17) is 0 Å². The molecule has 16 heavy (non-hydrogen) atoms. The van der Waals surface area contributed by atoms with Gasteiger partial charge >= 0.3 is 0 Å². The first-order valence-electron chi connectivity index (χ1n) is 7.60. The Bertz CT molecular complexity index is 169. The zero-order valence-electron chi connectivity index (χ0n) is 11.9. The summed E-state index contributed by atoms with van der Waals surface area (Å²) < 4.78 is 0. The van der Waals surface area contributed by atoms with E-state index < -0.39 is 0 Å². The summed E-state index contributed by atoms with van der Waals surface area (Å²) in [5.41, 5.74) is 0.608. The smallest absolute Gasteiger partial charge is 0.0354 e. The molecule has 0 spiro atoms. The summed E-state index contributed by atoms with van der Waals surface area (Å²) in [6.07, 6.45) is 16.1. The SMILES string of the molecule is CC1CCCCCCCC(C)(C)CCCC1. The van der Waals surface area contributed by atoms with Crippen LogP contribution in [0.2, 0.25) is 0 Å². The third kappa shape index (κ3) is 6.55. The van der Waals surface area contributed by atoms with Crippen LogP contribution < -0.4 is 0 Å². The van der Waals surface area contributed by atoms with Crippen LogP contribution in [0.25, 0.3) is 0 Å². The zero-order valence-corrected chi connectivity index (χ0v) is 11.9. The van der Waals surface area contributed by atoms with Crippen LogP contribution in [0.5, 0.6) is 0 Å². The van der Waals surface area contributed by atoms with E-state index in [-0.39, 0.29) is 0 Å². The molecule has 1 rings (SSSR count). The van der Waals surface area contributed by atoms with Gasteiger partial charge < -0.3 is 0 Å². The van der Waals surface area contributed by atoms with Crippen molar-refractivity contribution in [1.29, 1.82) is 0 Å². The van der Waals surface area contributed by atoms with Crippen LogP contribution in [0.4, 0.5) is 0 Å². The van der Waals surface area contributed by atoms with Crippen LogP contribution in [0.1, 0.15) is 91.4 Å². The van der Waals surface area contributed by atoms with Crippen LogP contribution in [0.15, 0.2) is 0 Å². The third-order valence-electron chi connectivity index (χ3n) is 4.35. The molecular weight excluding hydrogens is 192 g/mol. The van der Waals surface area contributed by atoms with E-state index >= 15 is 0 Å². The Balaban J connectivity index is 2.32. The Kier molecular flexibility index (Phi) is 6.46. The lowest BCUT2D eigenvalue weighted by Crippen LogP contribution is -2.11. The summed E-state index contributed by atoms with van der Waals surface area (Å²) in [6, 6.07) is 0. The highest BCUT2D eigenvalue weighted by atomic mass is 14.2. The van der Waals surface area contributed by atoms with E-state index in [1.54, 1.807) is 0 Å². The van der Waals surface area contributed by atoms with Gasteiger partial charge in [-0.25, -0.2) is 0 Å². The lowest BCUT2D eigenvalue weighted by atomic mass is 9.81. The van der Waals surface area contributed by atoms with E-state index in [0.717, 1.165) is 5.92 Å². The maximum atomic E-state index is 2.47. The normalized spacial score (nSPS) is 29.8. The van der Waals surface area contributed by atoms with Crippen molar-refractivity contribution in [3.05, 3.63) is 0 Å². The molecule has 1 saturated carbocycles. The van der Waals surface area contributed by atoms with Gasteiger partial charge in [-0.2, -0.15) is 0 Å². The van der Waals surface area contributed by atoms with Crippen LogP contribution in [0.3, 0.4) is 0 Å². The molecule has 1 atom stereocenters. The Morgan fingerprint density at radius 3 is 1.81 bits per heavy atom. The number of hydrogen-bond donors (Lipinski definition) is 0. The molecule has 96 valence electrons. The van der Waals surface area contributed by atoms with E-state index in [0.29, 0.717) is 5.41 Å². The molecule has 0 radical (unpaired) electrons. The fourth-order valence-electron chi connectivity index (χ4n) is 2.99. The van der Waals surface area contributed by atoms with Gasteiger partial charge in [0.2, 0.25) is 0 Å². The van der Waals surface area contributed by atoms with E-state index in [1.807, 2.05) is 0 Å². The lowest BCUT2D eigenvalue weighted by molar-refractivity contribution is 0.281. The molecule has 0 nitrogen and oxygen atoms in total. The molecule has 0 bridgehead atoms. The van der Waals surface area contributed by atoms with Gasteiger partial charge in [-0.3, -0.25) is 0 Å². The highest BCUT2D eigenvalue weighted by molar-refractivity contribution is 4.69. The van der Waals surface area contributed by atoms with E-state index in [2.05, 4.69) is 20.8 Å². The van der Waals surface area contributed by atoms with Gasteiger partial charge in [0.1, 0.15) is 0 Å². The van der Waals surface area contributed by atoms with Gasteiger partial charge in [0.25, 0.3) is 0 Å². The van der Waals surface area contributed by atoms with Crippen LogP contribution in [0, 0.1) is 11.3 Å². The minimum absolute atomic E-state index is 0.608. The molecule has 0 heterocycles. The number of hydrogen-bond acceptors (Lipinski definition) is 0. The standard InChI is InChI=1S/C16H32/c1-15-11-7-5-4-6-9-13-16(2,3)14-10-8-12-15/h15H,4-14H2,1-3H3. The van der Waals surface area contributed by atoms with Crippen molar-refractivity contribution in [3.8, 4) is 0 Å². The van der Waals surface area contributed by atoms with Crippen molar-refractivity contribution in [2.75, 3.05) is 0 Å². The summed E-state index contributed by atoms with van der Waals surface area (Å²) in [4.78, 5) is 0. The molecule has 0 N–H and O–H groups in total. The Morgan fingerprint density at radius 2 is 1.12 bits per heavy atom. The molecule has 0 aromatic rings. The maximum Gasteiger partial charge on any atom is -0.0354 e. The topological polar surface area (TPSA) is 0 Å². The van der Waals surface area contributed by atoms with Crippen molar-refractivity contribution < 1.29 is 0 Å². The van der Waals surface area contributed by atoms with Gasteiger partial charge in [-0.15, -0.1) is 0 Å². The quantitative estimate of drug-likeness (QED) is 0.476. The molecule has 0 aromatic heterocycles. The Morgan fingerprint density at radius 1 is 0.688 bits per heavy atom. The second-order valence-corrected chi connectivity index (χ2v) is 6.82. The molecule has 1 unspecified atom stereocenters. The zero-order chi connectivity index (χ0) is 11.9. The molecular formula is C16H32. The highest BCUT2D eigenvalue weighted by Gasteiger charge is 2.17. The van der Waals surface area contributed by atoms with E-state index in [1.165, 1.54) is 70.6 Å².